The molecule has 116 valence electrons. The van der Waals surface area contributed by atoms with Gasteiger partial charge in [-0.1, -0.05) is 60.7 Å². The highest BCUT2D eigenvalue weighted by atomic mass is 16.5. The Balaban J connectivity index is 1.84. The van der Waals surface area contributed by atoms with Crippen LogP contribution in [0.2, 0.25) is 0 Å². The molecule has 1 aliphatic heterocycles. The highest BCUT2D eigenvalue weighted by Crippen LogP contribution is 2.29. The zero-order chi connectivity index (χ0) is 15.3. The van der Waals surface area contributed by atoms with Crippen molar-refractivity contribution in [2.75, 3.05) is 19.8 Å². The van der Waals surface area contributed by atoms with Crippen molar-refractivity contribution in [1.29, 1.82) is 0 Å². The van der Waals surface area contributed by atoms with Gasteiger partial charge < -0.3 is 10.5 Å². The van der Waals surface area contributed by atoms with Gasteiger partial charge in [-0.2, -0.15) is 0 Å². The summed E-state index contributed by atoms with van der Waals surface area (Å²) in [5, 5.41) is 0. The lowest BCUT2D eigenvalue weighted by Gasteiger charge is -2.39. The normalized spacial score (nSPS) is 21.4. The van der Waals surface area contributed by atoms with Crippen LogP contribution < -0.4 is 5.73 Å². The molecule has 3 rings (SSSR count). The smallest absolute Gasteiger partial charge is 0.0663 e. The fourth-order valence-corrected chi connectivity index (χ4v) is 3.13. The molecule has 0 aliphatic carbocycles. The van der Waals surface area contributed by atoms with Crippen molar-refractivity contribution in [3.8, 4) is 0 Å². The number of ether oxygens (including phenoxy) is 1. The van der Waals surface area contributed by atoms with Crippen molar-refractivity contribution >= 4 is 0 Å². The Morgan fingerprint density at radius 2 is 1.45 bits per heavy atom. The van der Waals surface area contributed by atoms with E-state index >= 15 is 0 Å². The molecule has 2 N–H and O–H groups in total. The second-order valence-electron chi connectivity index (χ2n) is 6.06. The predicted molar refractivity (Wildman–Crippen MR) is 89.4 cm³/mol. The number of nitrogens with two attached hydrogens (primary N) is 1. The fraction of sp³-hybridized carbons (Fsp3) is 0.368. The Bertz CT molecular complexity index is 523. The number of hydrogen-bond acceptors (Lipinski definition) is 3. The van der Waals surface area contributed by atoms with E-state index in [0.29, 0.717) is 6.54 Å². The Morgan fingerprint density at radius 1 is 0.909 bits per heavy atom. The molecule has 3 heteroatoms. The van der Waals surface area contributed by atoms with E-state index in [2.05, 4.69) is 65.6 Å². The molecular weight excluding hydrogens is 272 g/mol. The van der Waals surface area contributed by atoms with Gasteiger partial charge in [-0.05, 0) is 17.5 Å². The number of rotatable bonds is 6. The first-order valence-electron chi connectivity index (χ1n) is 7.93. The van der Waals surface area contributed by atoms with Gasteiger partial charge in [0.15, 0.2) is 0 Å². The molecule has 3 nitrogen and oxygen atoms in total. The second kappa shape index (κ2) is 7.05. The summed E-state index contributed by atoms with van der Waals surface area (Å²) in [5.41, 5.74) is 8.74. The van der Waals surface area contributed by atoms with Crippen LogP contribution in [0.1, 0.15) is 17.5 Å². The number of hydrogen-bond donors (Lipinski definition) is 1. The maximum atomic E-state index is 6.16. The summed E-state index contributed by atoms with van der Waals surface area (Å²) in [6.45, 7) is 3.96. The van der Waals surface area contributed by atoms with Gasteiger partial charge >= 0.3 is 0 Å². The first-order valence-corrected chi connectivity index (χ1v) is 7.93. The summed E-state index contributed by atoms with van der Waals surface area (Å²) in [7, 11) is 0. The SMILES string of the molecule is NCC1(N(Cc2ccccc2)Cc2ccccc2)CCOC1. The predicted octanol–water partition coefficient (Wildman–Crippen LogP) is 2.81. The van der Waals surface area contributed by atoms with Crippen LogP contribution in [0.3, 0.4) is 0 Å². The van der Waals surface area contributed by atoms with Crippen molar-refractivity contribution in [3.05, 3.63) is 71.8 Å². The summed E-state index contributed by atoms with van der Waals surface area (Å²) < 4.78 is 5.69. The lowest BCUT2D eigenvalue weighted by Crippen LogP contribution is -2.53. The van der Waals surface area contributed by atoms with Crippen LogP contribution in [0.15, 0.2) is 60.7 Å². The van der Waals surface area contributed by atoms with Crippen LogP contribution in [-0.2, 0) is 17.8 Å². The highest BCUT2D eigenvalue weighted by Gasteiger charge is 2.39. The van der Waals surface area contributed by atoms with Gasteiger partial charge in [-0.25, -0.2) is 0 Å². The van der Waals surface area contributed by atoms with E-state index in [-0.39, 0.29) is 5.54 Å². The van der Waals surface area contributed by atoms with Gasteiger partial charge in [-0.15, -0.1) is 0 Å². The van der Waals surface area contributed by atoms with Crippen LogP contribution in [0.5, 0.6) is 0 Å². The second-order valence-corrected chi connectivity index (χ2v) is 6.06. The zero-order valence-electron chi connectivity index (χ0n) is 12.9. The van der Waals surface area contributed by atoms with Gasteiger partial charge in [0.25, 0.3) is 0 Å². The standard InChI is InChI=1S/C19H24N2O/c20-15-19(11-12-22-16-19)21(13-17-7-3-1-4-8-17)14-18-9-5-2-6-10-18/h1-10H,11-16,20H2. The van der Waals surface area contributed by atoms with Gasteiger partial charge in [0, 0.05) is 26.2 Å². The molecule has 1 saturated heterocycles. The third-order valence-electron chi connectivity index (χ3n) is 4.57. The molecule has 0 radical (unpaired) electrons. The van der Waals surface area contributed by atoms with E-state index < -0.39 is 0 Å². The van der Waals surface area contributed by atoms with Crippen molar-refractivity contribution in [2.45, 2.75) is 25.0 Å². The zero-order valence-corrected chi connectivity index (χ0v) is 12.9. The van der Waals surface area contributed by atoms with Gasteiger partial charge in [0.1, 0.15) is 0 Å². The molecule has 0 amide bonds. The largest absolute Gasteiger partial charge is 0.379 e. The molecule has 0 spiro atoms. The summed E-state index contributed by atoms with van der Waals surface area (Å²) >= 11 is 0. The molecular formula is C19H24N2O. The van der Waals surface area contributed by atoms with Gasteiger partial charge in [-0.3, -0.25) is 4.90 Å². The third-order valence-corrected chi connectivity index (χ3v) is 4.57. The average molecular weight is 296 g/mol. The monoisotopic (exact) mass is 296 g/mol. The Hall–Kier alpha value is -1.68. The maximum Gasteiger partial charge on any atom is 0.0663 e. The minimum atomic E-state index is -0.0499. The van der Waals surface area contributed by atoms with E-state index in [4.69, 9.17) is 10.5 Å². The molecule has 1 fully saturated rings. The summed E-state index contributed by atoms with van der Waals surface area (Å²) in [6.07, 6.45) is 1.00. The quantitative estimate of drug-likeness (QED) is 0.891. The topological polar surface area (TPSA) is 38.5 Å². The Morgan fingerprint density at radius 3 is 1.86 bits per heavy atom. The summed E-state index contributed by atoms with van der Waals surface area (Å²) in [4.78, 5) is 2.49. The molecule has 2 aromatic carbocycles. The highest BCUT2D eigenvalue weighted by molar-refractivity contribution is 5.18. The van der Waals surface area contributed by atoms with Crippen LogP contribution in [0.25, 0.3) is 0 Å². The molecule has 0 aromatic heterocycles. The molecule has 0 saturated carbocycles. The van der Waals surface area contributed by atoms with E-state index in [1.54, 1.807) is 0 Å². The molecule has 1 atom stereocenters. The van der Waals surface area contributed by atoms with E-state index in [1.807, 2.05) is 0 Å². The first-order chi connectivity index (χ1) is 10.8. The minimum absolute atomic E-state index is 0.0499. The Labute approximate surface area is 132 Å². The third kappa shape index (κ3) is 3.38. The molecule has 1 unspecified atom stereocenters. The van der Waals surface area contributed by atoms with Gasteiger partial charge in [0.2, 0.25) is 0 Å². The maximum absolute atomic E-state index is 6.16. The van der Waals surface area contributed by atoms with Crippen LogP contribution in [0, 0.1) is 0 Å². The average Bonchev–Trinajstić information content (AvgIpc) is 3.06. The van der Waals surface area contributed by atoms with Crippen molar-refractivity contribution < 1.29 is 4.74 Å². The van der Waals surface area contributed by atoms with Crippen LogP contribution in [0.4, 0.5) is 0 Å². The molecule has 0 bridgehead atoms. The van der Waals surface area contributed by atoms with E-state index in [1.165, 1.54) is 11.1 Å². The Kier molecular flexibility index (Phi) is 4.88. The fourth-order valence-electron chi connectivity index (χ4n) is 3.13. The lowest BCUT2D eigenvalue weighted by molar-refractivity contribution is 0.0584. The number of nitrogens with zero attached hydrogens (tertiary/aromatic N) is 1. The van der Waals surface area contributed by atoms with Crippen LogP contribution in [-0.4, -0.2) is 30.2 Å². The first kappa shape index (κ1) is 15.2. The summed E-state index contributed by atoms with van der Waals surface area (Å²) in [5.74, 6) is 0. The lowest BCUT2D eigenvalue weighted by atomic mass is 9.94. The van der Waals surface area contributed by atoms with Crippen molar-refractivity contribution in [3.63, 3.8) is 0 Å². The minimum Gasteiger partial charge on any atom is -0.379 e. The van der Waals surface area contributed by atoms with E-state index in [9.17, 15) is 0 Å². The molecule has 2 aromatic rings. The van der Waals surface area contributed by atoms with Crippen molar-refractivity contribution in [2.24, 2.45) is 5.73 Å². The molecule has 1 heterocycles. The van der Waals surface area contributed by atoms with Crippen LogP contribution >= 0.6 is 0 Å². The number of benzene rings is 2. The van der Waals surface area contributed by atoms with Crippen molar-refractivity contribution in [1.82, 2.24) is 4.90 Å². The van der Waals surface area contributed by atoms with E-state index in [0.717, 1.165) is 32.7 Å². The summed E-state index contributed by atoms with van der Waals surface area (Å²) in [6, 6.07) is 21.2. The van der Waals surface area contributed by atoms with Gasteiger partial charge in [0.05, 0.1) is 12.1 Å². The molecule has 22 heavy (non-hydrogen) atoms. The molecule has 1 aliphatic rings.